The van der Waals surface area contributed by atoms with Crippen molar-refractivity contribution in [3.8, 4) is 22.3 Å². The van der Waals surface area contributed by atoms with Crippen LogP contribution in [0.15, 0.2) is 113 Å². The van der Waals surface area contributed by atoms with Crippen LogP contribution in [-0.2, 0) is 0 Å². The Bertz CT molecular complexity index is 1050. The Morgan fingerprint density at radius 2 is 1.39 bits per heavy atom. The maximum atomic E-state index is 5.91. The topological polar surface area (TPSA) is 76.8 Å². The van der Waals surface area contributed by atoms with E-state index in [4.69, 9.17) is 11.5 Å². The third-order valence-electron chi connectivity index (χ3n) is 4.69. The van der Waals surface area contributed by atoms with Crippen molar-refractivity contribution in [3.63, 3.8) is 0 Å². The Kier molecular flexibility index (Phi) is 4.98. The number of hydrogen-bond donors (Lipinski definition) is 2. The molecule has 3 aromatic carbocycles. The molecule has 0 saturated carbocycles. The van der Waals surface area contributed by atoms with Gasteiger partial charge in [-0.3, -0.25) is 0 Å². The number of nitrogens with two attached hydrogens (primary N) is 2. The average Bonchev–Trinajstić information content (AvgIpc) is 2.74. The van der Waals surface area contributed by atoms with Crippen molar-refractivity contribution in [2.75, 3.05) is 0 Å². The lowest BCUT2D eigenvalue weighted by molar-refractivity contribution is 0.554. The zero-order chi connectivity index (χ0) is 19.4. The highest BCUT2D eigenvalue weighted by atomic mass is 15.1. The minimum absolute atomic E-state index is 0.535. The van der Waals surface area contributed by atoms with Crippen molar-refractivity contribution < 1.29 is 0 Å². The van der Waals surface area contributed by atoms with Gasteiger partial charge in [0.1, 0.15) is 0 Å². The summed E-state index contributed by atoms with van der Waals surface area (Å²) >= 11 is 0. The van der Waals surface area contributed by atoms with Gasteiger partial charge >= 0.3 is 0 Å². The molecular weight excluding hydrogens is 344 g/mol. The summed E-state index contributed by atoms with van der Waals surface area (Å²) < 4.78 is 0. The van der Waals surface area contributed by atoms with Crippen LogP contribution in [0.1, 0.15) is 6.42 Å². The third-order valence-corrected chi connectivity index (χ3v) is 4.69. The molecule has 4 heteroatoms. The van der Waals surface area contributed by atoms with Crippen LogP contribution in [0.5, 0.6) is 0 Å². The van der Waals surface area contributed by atoms with Crippen molar-refractivity contribution in [1.82, 2.24) is 0 Å². The molecule has 0 amide bonds. The molecule has 0 spiro atoms. The molecule has 1 aliphatic carbocycles. The van der Waals surface area contributed by atoms with E-state index in [1.54, 1.807) is 6.08 Å². The lowest BCUT2D eigenvalue weighted by Gasteiger charge is -2.21. The summed E-state index contributed by atoms with van der Waals surface area (Å²) in [6, 6.07) is 26.7. The highest BCUT2D eigenvalue weighted by molar-refractivity contribution is 5.90. The minimum Gasteiger partial charge on any atom is -0.310 e. The van der Waals surface area contributed by atoms with Gasteiger partial charge in [-0.05, 0) is 34.9 Å². The molecule has 3 aromatic rings. The van der Waals surface area contributed by atoms with Crippen LogP contribution in [0.25, 0.3) is 22.3 Å². The first-order valence-corrected chi connectivity index (χ1v) is 9.25. The number of azo groups is 1. The number of benzene rings is 3. The fourth-order valence-corrected chi connectivity index (χ4v) is 3.23. The van der Waals surface area contributed by atoms with E-state index in [-0.39, 0.29) is 0 Å². The highest BCUT2D eigenvalue weighted by Crippen LogP contribution is 2.39. The predicted molar refractivity (Wildman–Crippen MR) is 115 cm³/mol. The third kappa shape index (κ3) is 3.98. The summed E-state index contributed by atoms with van der Waals surface area (Å²) in [7, 11) is 0. The fraction of sp³-hybridized carbons (Fsp3) is 0.0833. The monoisotopic (exact) mass is 366 g/mol. The Labute approximate surface area is 164 Å². The first-order chi connectivity index (χ1) is 13.6. The molecule has 4 rings (SSSR count). The van der Waals surface area contributed by atoms with Crippen molar-refractivity contribution in [2.24, 2.45) is 21.7 Å². The summed E-state index contributed by atoms with van der Waals surface area (Å²) in [5.74, 6) is 0. The summed E-state index contributed by atoms with van der Waals surface area (Å²) in [4.78, 5) is 0. The molecule has 0 saturated heterocycles. The van der Waals surface area contributed by atoms with E-state index in [1.807, 2.05) is 60.7 Å². The SMILES string of the molecule is NC1(N)C=CC(N=Nc2cccc(-c3ccccc3)c2-c2ccccc2)=CC1. The van der Waals surface area contributed by atoms with E-state index in [1.165, 1.54) is 0 Å². The Hall–Kier alpha value is -3.34. The van der Waals surface area contributed by atoms with Gasteiger partial charge in [-0.2, -0.15) is 5.11 Å². The van der Waals surface area contributed by atoms with Gasteiger partial charge < -0.3 is 11.5 Å². The first-order valence-electron chi connectivity index (χ1n) is 9.25. The molecule has 0 aromatic heterocycles. The van der Waals surface area contributed by atoms with E-state index in [0.29, 0.717) is 6.42 Å². The van der Waals surface area contributed by atoms with E-state index in [9.17, 15) is 0 Å². The number of allylic oxidation sites excluding steroid dienone is 1. The molecule has 0 fully saturated rings. The van der Waals surface area contributed by atoms with Crippen LogP contribution in [-0.4, -0.2) is 5.66 Å². The van der Waals surface area contributed by atoms with Gasteiger partial charge in [0.25, 0.3) is 0 Å². The molecule has 0 bridgehead atoms. The lowest BCUT2D eigenvalue weighted by Crippen LogP contribution is -2.47. The summed E-state index contributed by atoms with van der Waals surface area (Å²) in [5, 5.41) is 8.99. The highest BCUT2D eigenvalue weighted by Gasteiger charge is 2.17. The molecular formula is C24H22N4. The maximum Gasteiger partial charge on any atom is 0.0941 e. The molecule has 28 heavy (non-hydrogen) atoms. The zero-order valence-corrected chi connectivity index (χ0v) is 15.5. The summed E-state index contributed by atoms with van der Waals surface area (Å²) in [6.45, 7) is 0. The van der Waals surface area contributed by atoms with Gasteiger partial charge in [0, 0.05) is 12.0 Å². The van der Waals surface area contributed by atoms with Crippen molar-refractivity contribution in [3.05, 3.63) is 103 Å². The number of rotatable bonds is 4. The van der Waals surface area contributed by atoms with Gasteiger partial charge in [-0.25, -0.2) is 0 Å². The second-order valence-corrected chi connectivity index (χ2v) is 6.91. The Balaban J connectivity index is 1.79. The van der Waals surface area contributed by atoms with Gasteiger partial charge in [-0.15, -0.1) is 5.11 Å². The number of hydrogen-bond acceptors (Lipinski definition) is 4. The summed E-state index contributed by atoms with van der Waals surface area (Å²) in [6.07, 6.45) is 6.02. The van der Waals surface area contributed by atoms with Gasteiger partial charge in [0.2, 0.25) is 0 Å². The lowest BCUT2D eigenvalue weighted by atomic mass is 9.93. The molecule has 4 N–H and O–H groups in total. The Morgan fingerprint density at radius 1 is 0.714 bits per heavy atom. The van der Waals surface area contributed by atoms with Crippen molar-refractivity contribution in [1.29, 1.82) is 0 Å². The zero-order valence-electron chi connectivity index (χ0n) is 15.5. The molecule has 0 heterocycles. The first kappa shape index (κ1) is 18.0. The van der Waals surface area contributed by atoms with Crippen LogP contribution >= 0.6 is 0 Å². The van der Waals surface area contributed by atoms with Crippen LogP contribution in [0, 0.1) is 0 Å². The van der Waals surface area contributed by atoms with E-state index in [2.05, 4.69) is 40.6 Å². The van der Waals surface area contributed by atoms with Crippen LogP contribution in [0.3, 0.4) is 0 Å². The molecule has 1 aliphatic rings. The fourth-order valence-electron chi connectivity index (χ4n) is 3.23. The maximum absolute atomic E-state index is 5.91. The van der Waals surface area contributed by atoms with E-state index >= 15 is 0 Å². The normalized spacial score (nSPS) is 15.6. The van der Waals surface area contributed by atoms with Crippen molar-refractivity contribution >= 4 is 5.69 Å². The molecule has 0 aliphatic heterocycles. The molecule has 0 radical (unpaired) electrons. The molecule has 0 unspecified atom stereocenters. The molecule has 4 nitrogen and oxygen atoms in total. The van der Waals surface area contributed by atoms with E-state index in [0.717, 1.165) is 33.6 Å². The van der Waals surface area contributed by atoms with Gasteiger partial charge in [0.15, 0.2) is 0 Å². The van der Waals surface area contributed by atoms with Crippen LogP contribution in [0.2, 0.25) is 0 Å². The average molecular weight is 366 g/mol. The molecule has 138 valence electrons. The van der Waals surface area contributed by atoms with Crippen LogP contribution in [0.4, 0.5) is 5.69 Å². The van der Waals surface area contributed by atoms with Crippen LogP contribution < -0.4 is 11.5 Å². The van der Waals surface area contributed by atoms with Crippen molar-refractivity contribution in [2.45, 2.75) is 12.1 Å². The minimum atomic E-state index is -0.804. The standard InChI is InChI=1S/C24H22N4/c25-24(26)16-14-20(15-17-24)27-28-22-13-7-12-21(18-8-3-1-4-9-18)23(22)19-10-5-2-6-11-19/h1-16H,17,25-26H2. The van der Waals surface area contributed by atoms with Gasteiger partial charge in [-0.1, -0.05) is 78.9 Å². The second kappa shape index (κ2) is 7.72. The Morgan fingerprint density at radius 3 is 2.04 bits per heavy atom. The van der Waals surface area contributed by atoms with Gasteiger partial charge in [0.05, 0.1) is 17.0 Å². The second-order valence-electron chi connectivity index (χ2n) is 6.91. The smallest absolute Gasteiger partial charge is 0.0941 e. The largest absolute Gasteiger partial charge is 0.310 e. The quantitative estimate of drug-likeness (QED) is 0.468. The number of nitrogens with zero attached hydrogens (tertiary/aromatic N) is 2. The van der Waals surface area contributed by atoms with E-state index < -0.39 is 5.66 Å². The summed E-state index contributed by atoms with van der Waals surface area (Å²) in [5.41, 5.74) is 17.0. The predicted octanol–water partition coefficient (Wildman–Crippen LogP) is 5.56. The molecule has 0 atom stereocenters.